The molecule has 0 saturated carbocycles. The third-order valence-electron chi connectivity index (χ3n) is 4.61. The number of nitrogens with zero attached hydrogens (tertiary/aromatic N) is 4. The molecule has 2 aliphatic heterocycles. The quantitative estimate of drug-likeness (QED) is 0.860. The topological polar surface area (TPSA) is 82.2 Å². The van der Waals surface area contributed by atoms with E-state index in [9.17, 15) is 9.59 Å². The van der Waals surface area contributed by atoms with Gasteiger partial charge in [0.25, 0.3) is 5.91 Å². The van der Waals surface area contributed by atoms with Crippen LogP contribution in [0.3, 0.4) is 0 Å². The summed E-state index contributed by atoms with van der Waals surface area (Å²) in [7, 11) is 0. The molecule has 0 radical (unpaired) electrons. The SMILES string of the molecule is CCN1CCN(C(=O)C2=NN(c3ccccc3)C(C(N)=O)C2)CC1. The highest BCUT2D eigenvalue weighted by atomic mass is 16.2. The number of piperazine rings is 1. The summed E-state index contributed by atoms with van der Waals surface area (Å²) in [5.74, 6) is -0.559. The summed E-state index contributed by atoms with van der Waals surface area (Å²) < 4.78 is 0. The second-order valence-electron chi connectivity index (χ2n) is 6.08. The van der Waals surface area contributed by atoms with Gasteiger partial charge in [-0.15, -0.1) is 0 Å². The van der Waals surface area contributed by atoms with Crippen LogP contribution in [0.15, 0.2) is 35.4 Å². The zero-order valence-corrected chi connectivity index (χ0v) is 13.9. The van der Waals surface area contributed by atoms with Crippen molar-refractivity contribution >= 4 is 23.2 Å². The van der Waals surface area contributed by atoms with Gasteiger partial charge < -0.3 is 15.5 Å². The van der Waals surface area contributed by atoms with E-state index < -0.39 is 11.9 Å². The lowest BCUT2D eigenvalue weighted by molar-refractivity contribution is -0.125. The Labute approximate surface area is 141 Å². The number of benzene rings is 1. The highest BCUT2D eigenvalue weighted by Gasteiger charge is 2.36. The molecule has 0 aromatic heterocycles. The van der Waals surface area contributed by atoms with Crippen LogP contribution in [0.4, 0.5) is 5.69 Å². The molecule has 0 bridgehead atoms. The molecule has 1 saturated heterocycles. The molecule has 7 heteroatoms. The Bertz CT molecular complexity index is 638. The van der Waals surface area contributed by atoms with Crippen LogP contribution < -0.4 is 10.7 Å². The molecule has 0 aliphatic carbocycles. The lowest BCUT2D eigenvalue weighted by Crippen LogP contribution is -2.50. The maximum absolute atomic E-state index is 12.7. The number of carbonyl (C=O) groups is 2. The summed E-state index contributed by atoms with van der Waals surface area (Å²) in [5, 5.41) is 5.99. The van der Waals surface area contributed by atoms with E-state index in [-0.39, 0.29) is 12.3 Å². The van der Waals surface area contributed by atoms with Crippen molar-refractivity contribution in [3.05, 3.63) is 30.3 Å². The smallest absolute Gasteiger partial charge is 0.270 e. The Hall–Kier alpha value is -2.41. The number of rotatable bonds is 4. The zero-order valence-electron chi connectivity index (χ0n) is 13.9. The zero-order chi connectivity index (χ0) is 17.1. The summed E-state index contributed by atoms with van der Waals surface area (Å²) in [5.41, 5.74) is 6.69. The number of carbonyl (C=O) groups excluding carboxylic acids is 2. The molecule has 2 N–H and O–H groups in total. The maximum atomic E-state index is 12.7. The largest absolute Gasteiger partial charge is 0.368 e. The third kappa shape index (κ3) is 3.26. The Morgan fingerprint density at radius 1 is 1.17 bits per heavy atom. The number of hydrogen-bond acceptors (Lipinski definition) is 5. The van der Waals surface area contributed by atoms with E-state index in [1.165, 1.54) is 0 Å². The summed E-state index contributed by atoms with van der Waals surface area (Å²) in [6.07, 6.45) is 0.261. The molecule has 2 heterocycles. The second-order valence-corrected chi connectivity index (χ2v) is 6.08. The van der Waals surface area contributed by atoms with E-state index in [0.29, 0.717) is 18.8 Å². The minimum Gasteiger partial charge on any atom is -0.368 e. The minimum absolute atomic E-state index is 0.0876. The first-order valence-corrected chi connectivity index (χ1v) is 8.33. The average Bonchev–Trinajstić information content (AvgIpc) is 3.07. The summed E-state index contributed by atoms with van der Waals surface area (Å²) in [6.45, 7) is 6.24. The number of para-hydroxylation sites is 1. The molecule has 7 nitrogen and oxygen atoms in total. The molecule has 3 rings (SSSR count). The normalized spacial score (nSPS) is 21.7. The second kappa shape index (κ2) is 7.00. The Morgan fingerprint density at radius 2 is 1.83 bits per heavy atom. The van der Waals surface area contributed by atoms with Gasteiger partial charge in [-0.2, -0.15) is 5.10 Å². The first-order valence-electron chi connectivity index (χ1n) is 8.33. The predicted octanol–water partition coefficient (Wildman–Crippen LogP) is 0.271. The lowest BCUT2D eigenvalue weighted by atomic mass is 10.1. The van der Waals surface area contributed by atoms with Crippen LogP contribution >= 0.6 is 0 Å². The predicted molar refractivity (Wildman–Crippen MR) is 92.6 cm³/mol. The molecule has 2 amide bonds. The van der Waals surface area contributed by atoms with E-state index in [4.69, 9.17) is 5.73 Å². The van der Waals surface area contributed by atoms with Gasteiger partial charge >= 0.3 is 0 Å². The molecule has 0 spiro atoms. The van der Waals surface area contributed by atoms with Gasteiger partial charge in [0.05, 0.1) is 5.69 Å². The van der Waals surface area contributed by atoms with Crippen molar-refractivity contribution < 1.29 is 9.59 Å². The first-order chi connectivity index (χ1) is 11.6. The van der Waals surface area contributed by atoms with Gasteiger partial charge in [0.15, 0.2) is 0 Å². The maximum Gasteiger partial charge on any atom is 0.270 e. The van der Waals surface area contributed by atoms with E-state index in [1.807, 2.05) is 35.2 Å². The molecule has 1 aromatic carbocycles. The van der Waals surface area contributed by atoms with Crippen molar-refractivity contribution in [2.45, 2.75) is 19.4 Å². The highest BCUT2D eigenvalue weighted by molar-refractivity contribution is 6.40. The van der Waals surface area contributed by atoms with Crippen LogP contribution in [0.2, 0.25) is 0 Å². The molecule has 1 fully saturated rings. The highest BCUT2D eigenvalue weighted by Crippen LogP contribution is 2.25. The molecular weight excluding hydrogens is 306 g/mol. The third-order valence-corrected chi connectivity index (χ3v) is 4.61. The van der Waals surface area contributed by atoms with Crippen molar-refractivity contribution in [1.82, 2.24) is 9.80 Å². The number of hydrazone groups is 1. The van der Waals surface area contributed by atoms with Gasteiger partial charge in [0.1, 0.15) is 11.8 Å². The fourth-order valence-electron chi connectivity index (χ4n) is 3.13. The van der Waals surface area contributed by atoms with Gasteiger partial charge in [0, 0.05) is 32.6 Å². The molecule has 1 atom stereocenters. The first kappa shape index (κ1) is 16.4. The van der Waals surface area contributed by atoms with Crippen LogP contribution in [0.1, 0.15) is 13.3 Å². The molecule has 128 valence electrons. The minimum atomic E-state index is -0.608. The molecule has 1 unspecified atom stereocenters. The molecular formula is C17H23N5O2. The van der Waals surface area contributed by atoms with Gasteiger partial charge in [-0.05, 0) is 18.7 Å². The Morgan fingerprint density at radius 3 is 2.42 bits per heavy atom. The summed E-state index contributed by atoms with van der Waals surface area (Å²) in [4.78, 5) is 28.7. The standard InChI is InChI=1S/C17H23N5O2/c1-2-20-8-10-21(11-9-20)17(24)14-12-15(16(18)23)22(19-14)13-6-4-3-5-7-13/h3-7,15H,2,8-12H2,1H3,(H2,18,23). The van der Waals surface area contributed by atoms with Crippen molar-refractivity contribution in [3.63, 3.8) is 0 Å². The molecule has 1 aromatic rings. The average molecular weight is 329 g/mol. The summed E-state index contributed by atoms with van der Waals surface area (Å²) >= 11 is 0. The van der Waals surface area contributed by atoms with E-state index in [1.54, 1.807) is 5.01 Å². The van der Waals surface area contributed by atoms with Crippen molar-refractivity contribution in [2.75, 3.05) is 37.7 Å². The van der Waals surface area contributed by atoms with Crippen LogP contribution in [-0.4, -0.2) is 66.1 Å². The van der Waals surface area contributed by atoms with Crippen LogP contribution in [-0.2, 0) is 9.59 Å². The monoisotopic (exact) mass is 329 g/mol. The molecule has 2 aliphatic rings. The lowest BCUT2D eigenvalue weighted by Gasteiger charge is -2.33. The number of nitrogens with two attached hydrogens (primary N) is 1. The molecule has 24 heavy (non-hydrogen) atoms. The van der Waals surface area contributed by atoms with Crippen molar-refractivity contribution in [1.29, 1.82) is 0 Å². The van der Waals surface area contributed by atoms with Gasteiger partial charge in [-0.25, -0.2) is 0 Å². The van der Waals surface area contributed by atoms with E-state index in [2.05, 4.69) is 16.9 Å². The van der Waals surface area contributed by atoms with Gasteiger partial charge in [-0.1, -0.05) is 25.1 Å². The van der Waals surface area contributed by atoms with E-state index >= 15 is 0 Å². The van der Waals surface area contributed by atoms with Gasteiger partial charge in [0.2, 0.25) is 5.91 Å². The fourth-order valence-corrected chi connectivity index (χ4v) is 3.13. The van der Waals surface area contributed by atoms with E-state index in [0.717, 1.165) is 25.3 Å². The number of likely N-dealkylation sites (N-methyl/N-ethyl adjacent to an activating group) is 1. The van der Waals surface area contributed by atoms with Crippen LogP contribution in [0.5, 0.6) is 0 Å². The van der Waals surface area contributed by atoms with Crippen LogP contribution in [0, 0.1) is 0 Å². The number of hydrogen-bond donors (Lipinski definition) is 1. The van der Waals surface area contributed by atoms with Gasteiger partial charge in [-0.3, -0.25) is 14.6 Å². The number of primary amides is 1. The summed E-state index contributed by atoms with van der Waals surface area (Å²) in [6, 6.07) is 8.73. The number of anilines is 1. The Kier molecular flexibility index (Phi) is 4.80. The van der Waals surface area contributed by atoms with Crippen LogP contribution in [0.25, 0.3) is 0 Å². The number of amides is 2. The fraction of sp³-hybridized carbons (Fsp3) is 0.471. The Balaban J connectivity index is 1.76. The van der Waals surface area contributed by atoms with Crippen molar-refractivity contribution in [3.8, 4) is 0 Å². The van der Waals surface area contributed by atoms with Crippen molar-refractivity contribution in [2.24, 2.45) is 10.8 Å².